The van der Waals surface area contributed by atoms with Gasteiger partial charge in [0.2, 0.25) is 0 Å². The van der Waals surface area contributed by atoms with Gasteiger partial charge in [-0.3, -0.25) is 5.21 Å². The van der Waals surface area contributed by atoms with Crippen LogP contribution in [-0.2, 0) is 17.8 Å². The minimum Gasteiger partial charge on any atom is -0.488 e. The van der Waals surface area contributed by atoms with Crippen molar-refractivity contribution in [2.24, 2.45) is 0 Å². The normalized spacial score (nSPS) is 10.4. The van der Waals surface area contributed by atoms with Crippen LogP contribution in [0, 0.1) is 0 Å². The number of carbonyl (C=O) groups is 1. The molecule has 0 aromatic heterocycles. The van der Waals surface area contributed by atoms with Crippen LogP contribution in [0.1, 0.15) is 18.1 Å². The van der Waals surface area contributed by atoms with E-state index in [1.54, 1.807) is 18.2 Å². The molecule has 2 aromatic rings. The molecule has 1 N–H and O–H groups in total. The van der Waals surface area contributed by atoms with Crippen molar-refractivity contribution in [3.05, 3.63) is 57.0 Å². The SMILES string of the molecule is CCc1ccc(OCc2c(Cl)cccc2N(O)C(=O)OC)c(Br)c1. The molecule has 0 saturated heterocycles. The van der Waals surface area contributed by atoms with E-state index >= 15 is 0 Å². The number of anilines is 1. The second kappa shape index (κ2) is 8.37. The van der Waals surface area contributed by atoms with E-state index in [2.05, 4.69) is 27.6 Å². The highest BCUT2D eigenvalue weighted by Gasteiger charge is 2.19. The third-order valence-electron chi connectivity index (χ3n) is 3.45. The molecule has 0 bridgehead atoms. The fourth-order valence-electron chi connectivity index (χ4n) is 2.10. The maximum absolute atomic E-state index is 11.5. The predicted octanol–water partition coefficient (Wildman–Crippen LogP) is 5.21. The number of hydrogen-bond acceptors (Lipinski definition) is 4. The van der Waals surface area contributed by atoms with Gasteiger partial charge in [0.1, 0.15) is 12.4 Å². The number of carbonyl (C=O) groups excluding carboxylic acids is 1. The molecule has 0 radical (unpaired) electrons. The number of benzene rings is 2. The van der Waals surface area contributed by atoms with Gasteiger partial charge < -0.3 is 9.47 Å². The number of nitrogens with zero attached hydrogens (tertiary/aromatic N) is 1. The molecule has 0 unspecified atom stereocenters. The molecule has 0 heterocycles. The second-order valence-corrected chi connectivity index (χ2v) is 6.19. The maximum Gasteiger partial charge on any atom is 0.438 e. The van der Waals surface area contributed by atoms with Crippen LogP contribution in [0.5, 0.6) is 5.75 Å². The lowest BCUT2D eigenvalue weighted by Gasteiger charge is -2.19. The average molecular weight is 415 g/mol. The highest BCUT2D eigenvalue weighted by Crippen LogP contribution is 2.31. The molecule has 1 amide bonds. The number of halogens is 2. The Kier molecular flexibility index (Phi) is 6.48. The third kappa shape index (κ3) is 4.20. The molecular weight excluding hydrogens is 398 g/mol. The van der Waals surface area contributed by atoms with Crippen molar-refractivity contribution in [1.29, 1.82) is 0 Å². The first-order valence-corrected chi connectivity index (χ1v) is 8.40. The van der Waals surface area contributed by atoms with Crippen molar-refractivity contribution in [2.75, 3.05) is 12.2 Å². The van der Waals surface area contributed by atoms with E-state index < -0.39 is 6.09 Å². The number of hydroxylamine groups is 1. The summed E-state index contributed by atoms with van der Waals surface area (Å²) in [4.78, 5) is 11.5. The number of amides is 1. The first kappa shape index (κ1) is 18.6. The number of aryl methyl sites for hydroxylation is 1. The number of ether oxygens (including phenoxy) is 2. The topological polar surface area (TPSA) is 59.0 Å². The lowest BCUT2D eigenvalue weighted by Crippen LogP contribution is -2.28. The molecule has 5 nitrogen and oxygen atoms in total. The van der Waals surface area contributed by atoms with Gasteiger partial charge >= 0.3 is 6.09 Å². The Balaban J connectivity index is 2.25. The van der Waals surface area contributed by atoms with Gasteiger partial charge in [-0.2, -0.15) is 5.06 Å². The van der Waals surface area contributed by atoms with E-state index in [1.165, 1.54) is 12.7 Å². The van der Waals surface area contributed by atoms with Crippen LogP contribution in [-0.4, -0.2) is 18.4 Å². The van der Waals surface area contributed by atoms with Crippen molar-refractivity contribution in [1.82, 2.24) is 0 Å². The van der Waals surface area contributed by atoms with Crippen molar-refractivity contribution >= 4 is 39.3 Å². The van der Waals surface area contributed by atoms with Crippen molar-refractivity contribution in [3.63, 3.8) is 0 Å². The largest absolute Gasteiger partial charge is 0.488 e. The fraction of sp³-hybridized carbons (Fsp3) is 0.235. The first-order valence-electron chi connectivity index (χ1n) is 7.23. The number of hydrogen-bond donors (Lipinski definition) is 1. The average Bonchev–Trinajstić information content (AvgIpc) is 2.59. The van der Waals surface area contributed by atoms with Crippen LogP contribution in [0.2, 0.25) is 5.02 Å². The Bertz CT molecular complexity index is 739. The summed E-state index contributed by atoms with van der Waals surface area (Å²) < 4.78 is 11.1. The van der Waals surface area contributed by atoms with Crippen LogP contribution in [0.25, 0.3) is 0 Å². The van der Waals surface area contributed by atoms with Gasteiger partial charge in [0.05, 0.1) is 17.3 Å². The van der Waals surface area contributed by atoms with Gasteiger partial charge in [-0.15, -0.1) is 0 Å². The molecule has 0 fully saturated rings. The fourth-order valence-corrected chi connectivity index (χ4v) is 2.87. The molecule has 0 aliphatic carbocycles. The minimum absolute atomic E-state index is 0.0765. The molecule has 128 valence electrons. The summed E-state index contributed by atoms with van der Waals surface area (Å²) in [5, 5.41) is 10.7. The van der Waals surface area contributed by atoms with Crippen LogP contribution >= 0.6 is 27.5 Å². The van der Waals surface area contributed by atoms with E-state index in [4.69, 9.17) is 16.3 Å². The van der Waals surface area contributed by atoms with Gasteiger partial charge in [0, 0.05) is 10.6 Å². The van der Waals surface area contributed by atoms with Crippen LogP contribution in [0.4, 0.5) is 10.5 Å². The quantitative estimate of drug-likeness (QED) is 0.539. The van der Waals surface area contributed by atoms with Gasteiger partial charge in [0.25, 0.3) is 0 Å². The molecule has 2 rings (SSSR count). The van der Waals surface area contributed by atoms with Crippen LogP contribution in [0.15, 0.2) is 40.9 Å². The Morgan fingerprint density at radius 3 is 2.71 bits per heavy atom. The Labute approximate surface area is 153 Å². The van der Waals surface area contributed by atoms with E-state index in [0.717, 1.165) is 10.9 Å². The zero-order valence-corrected chi connectivity index (χ0v) is 15.6. The molecular formula is C17H17BrClNO4. The van der Waals surface area contributed by atoms with E-state index in [0.29, 0.717) is 21.4 Å². The molecule has 0 saturated carbocycles. The minimum atomic E-state index is -0.910. The summed E-state index contributed by atoms with van der Waals surface area (Å²) in [6.07, 6.45) is 0.0126. The lowest BCUT2D eigenvalue weighted by molar-refractivity contribution is 0.140. The summed E-state index contributed by atoms with van der Waals surface area (Å²) in [7, 11) is 1.18. The zero-order chi connectivity index (χ0) is 17.7. The van der Waals surface area contributed by atoms with Crippen molar-refractivity contribution in [2.45, 2.75) is 20.0 Å². The Hall–Kier alpha value is -1.76. The van der Waals surface area contributed by atoms with Gasteiger partial charge in [-0.25, -0.2) is 4.79 Å². The van der Waals surface area contributed by atoms with Gasteiger partial charge in [-0.1, -0.05) is 30.7 Å². The highest BCUT2D eigenvalue weighted by atomic mass is 79.9. The summed E-state index contributed by atoms with van der Waals surface area (Å²) in [6, 6.07) is 10.6. The highest BCUT2D eigenvalue weighted by molar-refractivity contribution is 9.10. The van der Waals surface area contributed by atoms with E-state index in [9.17, 15) is 10.0 Å². The molecule has 0 aliphatic rings. The summed E-state index contributed by atoms with van der Waals surface area (Å²) >= 11 is 9.66. The molecule has 0 spiro atoms. The third-order valence-corrected chi connectivity index (χ3v) is 4.42. The van der Waals surface area contributed by atoms with Gasteiger partial charge in [-0.05, 0) is 52.2 Å². The van der Waals surface area contributed by atoms with Crippen molar-refractivity contribution < 1.29 is 19.5 Å². The molecule has 0 aliphatic heterocycles. The van der Waals surface area contributed by atoms with Gasteiger partial charge in [0.15, 0.2) is 0 Å². The predicted molar refractivity (Wildman–Crippen MR) is 96.0 cm³/mol. The molecule has 0 atom stereocenters. The zero-order valence-electron chi connectivity index (χ0n) is 13.3. The number of rotatable bonds is 5. The summed E-state index contributed by atoms with van der Waals surface area (Å²) in [5.41, 5.74) is 1.86. The van der Waals surface area contributed by atoms with E-state index in [-0.39, 0.29) is 12.3 Å². The number of methoxy groups -OCH3 is 1. The van der Waals surface area contributed by atoms with Crippen LogP contribution in [0.3, 0.4) is 0 Å². The Morgan fingerprint density at radius 1 is 1.33 bits per heavy atom. The van der Waals surface area contributed by atoms with Crippen molar-refractivity contribution in [3.8, 4) is 5.75 Å². The van der Waals surface area contributed by atoms with Crippen LogP contribution < -0.4 is 9.80 Å². The first-order chi connectivity index (χ1) is 11.5. The molecule has 2 aromatic carbocycles. The summed E-state index contributed by atoms with van der Waals surface area (Å²) in [6.45, 7) is 2.15. The second-order valence-electron chi connectivity index (χ2n) is 4.93. The van der Waals surface area contributed by atoms with E-state index in [1.807, 2.05) is 18.2 Å². The monoisotopic (exact) mass is 413 g/mol. The molecule has 7 heteroatoms. The summed E-state index contributed by atoms with van der Waals surface area (Å²) in [5.74, 6) is 0.639. The standard InChI is InChI=1S/C17H17BrClNO4/c1-3-11-7-8-16(13(18)9-11)24-10-12-14(19)5-4-6-15(12)20(22)17(21)23-2/h4-9,22H,3,10H2,1-2H3. The Morgan fingerprint density at radius 2 is 2.08 bits per heavy atom. The lowest BCUT2D eigenvalue weighted by atomic mass is 10.1. The molecule has 24 heavy (non-hydrogen) atoms. The maximum atomic E-state index is 11.5. The smallest absolute Gasteiger partial charge is 0.438 e.